The van der Waals surface area contributed by atoms with Crippen molar-refractivity contribution in [3.05, 3.63) is 41.3 Å². The third kappa shape index (κ3) is 3.95. The molecule has 0 aliphatic carbocycles. The smallest absolute Gasteiger partial charge is 0.227 e. The lowest BCUT2D eigenvalue weighted by atomic mass is 9.89. The molecule has 1 aromatic heterocycles. The van der Waals surface area contributed by atoms with E-state index in [4.69, 9.17) is 14.7 Å². The van der Waals surface area contributed by atoms with Crippen molar-refractivity contribution >= 4 is 22.6 Å². The average molecular weight is 431 g/mol. The fourth-order valence-corrected chi connectivity index (χ4v) is 5.97. The molecule has 5 rings (SSSR count). The quantitative estimate of drug-likeness (QED) is 0.803. The highest BCUT2D eigenvalue weighted by Gasteiger charge is 2.30. The number of hydrogen-bond acceptors (Lipinski definition) is 6. The van der Waals surface area contributed by atoms with Gasteiger partial charge in [-0.25, -0.2) is 9.37 Å². The van der Waals surface area contributed by atoms with Crippen molar-refractivity contribution in [1.82, 2.24) is 9.97 Å². The molecule has 0 saturated carbocycles. The van der Waals surface area contributed by atoms with Crippen molar-refractivity contribution in [2.75, 3.05) is 42.3 Å². The molecule has 160 valence electrons. The number of benzene rings is 1. The van der Waals surface area contributed by atoms with Gasteiger partial charge in [0.2, 0.25) is 5.95 Å². The number of nitrogens with one attached hydrogen (secondary N) is 1. The minimum Gasteiger partial charge on any atom is -0.381 e. The summed E-state index contributed by atoms with van der Waals surface area (Å²) >= 11 is 0. The third-order valence-electron chi connectivity index (χ3n) is 6.36. The number of nitrogens with zero attached hydrogens (tertiary/aromatic N) is 3. The fraction of sp³-hybridized carbons (Fsp3) is 0.545. The summed E-state index contributed by atoms with van der Waals surface area (Å²) in [4.78, 5) is 12.6. The maximum atomic E-state index is 14.2. The first-order valence-corrected chi connectivity index (χ1v) is 12.1. The molecule has 6 nitrogen and oxygen atoms in total. The Morgan fingerprint density at radius 3 is 2.63 bits per heavy atom. The summed E-state index contributed by atoms with van der Waals surface area (Å²) in [5.74, 6) is 2.16. The number of halogens is 1. The van der Waals surface area contributed by atoms with Gasteiger partial charge in [0, 0.05) is 44.5 Å². The van der Waals surface area contributed by atoms with Crippen LogP contribution < -0.4 is 10.2 Å². The summed E-state index contributed by atoms with van der Waals surface area (Å²) in [7, 11) is -1.04. The van der Waals surface area contributed by atoms with E-state index in [0.29, 0.717) is 11.7 Å². The normalized spacial score (nSPS) is 22.8. The molecule has 2 aromatic rings. The summed E-state index contributed by atoms with van der Waals surface area (Å²) < 4.78 is 32.2. The summed E-state index contributed by atoms with van der Waals surface area (Å²) in [5, 5.41) is 3.53. The summed E-state index contributed by atoms with van der Waals surface area (Å²) in [5.41, 5.74) is 1.72. The van der Waals surface area contributed by atoms with Gasteiger partial charge in [0.05, 0.1) is 16.5 Å². The van der Waals surface area contributed by atoms with Crippen molar-refractivity contribution < 1.29 is 13.3 Å². The van der Waals surface area contributed by atoms with Crippen molar-refractivity contribution in [2.45, 2.75) is 49.0 Å². The van der Waals surface area contributed by atoms with Gasteiger partial charge in [0.25, 0.3) is 0 Å². The Labute approximate surface area is 178 Å². The maximum absolute atomic E-state index is 14.2. The first kappa shape index (κ1) is 19.9. The van der Waals surface area contributed by atoms with Gasteiger partial charge in [-0.1, -0.05) is 18.2 Å². The highest BCUT2D eigenvalue weighted by molar-refractivity contribution is 7.85. The number of fused-ring (bicyclic) bond motifs is 1. The second kappa shape index (κ2) is 8.59. The predicted octanol–water partition coefficient (Wildman–Crippen LogP) is 3.25. The Morgan fingerprint density at radius 1 is 1.10 bits per heavy atom. The fourth-order valence-electron chi connectivity index (χ4n) is 4.66. The van der Waals surface area contributed by atoms with Crippen molar-refractivity contribution in [2.24, 2.45) is 0 Å². The standard InChI is InChI=1S/C22H27FN4O2S/c23-18-4-2-1-3-17(18)15-5-10-27(11-6-15)22-25-19-9-14-30(28)20(19)21(26-22)24-16-7-12-29-13-8-16/h1-4,15-16H,5-14H2,(H,24,25,26). The van der Waals surface area contributed by atoms with Crippen molar-refractivity contribution in [3.8, 4) is 0 Å². The van der Waals surface area contributed by atoms with Crippen LogP contribution in [0.15, 0.2) is 29.2 Å². The molecule has 2 saturated heterocycles. The summed E-state index contributed by atoms with van der Waals surface area (Å²) in [6.07, 6.45) is 4.32. The Morgan fingerprint density at radius 2 is 1.87 bits per heavy atom. The monoisotopic (exact) mass is 430 g/mol. The SMILES string of the molecule is O=S1CCc2nc(N3CCC(c4ccccc4F)CC3)nc(NC3CCOCC3)c21. The molecule has 1 aromatic carbocycles. The van der Waals surface area contributed by atoms with E-state index in [1.165, 1.54) is 0 Å². The molecule has 1 N–H and O–H groups in total. The molecule has 2 fully saturated rings. The molecule has 3 aliphatic heterocycles. The van der Waals surface area contributed by atoms with Crippen LogP contribution in [0.1, 0.15) is 42.9 Å². The number of piperidine rings is 1. The molecule has 8 heteroatoms. The van der Waals surface area contributed by atoms with Crippen LogP contribution in [0.3, 0.4) is 0 Å². The van der Waals surface area contributed by atoms with Gasteiger partial charge in [0.15, 0.2) is 0 Å². The van der Waals surface area contributed by atoms with Gasteiger partial charge < -0.3 is 15.0 Å². The van der Waals surface area contributed by atoms with Crippen molar-refractivity contribution in [1.29, 1.82) is 0 Å². The number of aryl methyl sites for hydroxylation is 1. The zero-order valence-electron chi connectivity index (χ0n) is 17.0. The molecule has 0 radical (unpaired) electrons. The van der Waals surface area contributed by atoms with Crippen LogP contribution in [-0.2, 0) is 22.0 Å². The van der Waals surface area contributed by atoms with Crippen LogP contribution in [0.5, 0.6) is 0 Å². The van der Waals surface area contributed by atoms with E-state index < -0.39 is 10.8 Å². The lowest BCUT2D eigenvalue weighted by Gasteiger charge is -2.33. The molecule has 4 heterocycles. The highest BCUT2D eigenvalue weighted by Crippen LogP contribution is 2.34. The number of anilines is 2. The minimum absolute atomic E-state index is 0.116. The lowest BCUT2D eigenvalue weighted by molar-refractivity contribution is 0.0903. The van der Waals surface area contributed by atoms with Gasteiger partial charge in [-0.3, -0.25) is 4.21 Å². The van der Waals surface area contributed by atoms with E-state index in [1.807, 2.05) is 12.1 Å². The van der Waals surface area contributed by atoms with Crippen LogP contribution in [0.2, 0.25) is 0 Å². The van der Waals surface area contributed by atoms with Crippen molar-refractivity contribution in [3.63, 3.8) is 0 Å². The molecule has 0 bridgehead atoms. The van der Waals surface area contributed by atoms with Gasteiger partial charge in [-0.15, -0.1) is 0 Å². The van der Waals surface area contributed by atoms with E-state index >= 15 is 0 Å². The summed E-state index contributed by atoms with van der Waals surface area (Å²) in [6, 6.07) is 7.37. The summed E-state index contributed by atoms with van der Waals surface area (Å²) in [6.45, 7) is 3.06. The van der Waals surface area contributed by atoms with Crippen LogP contribution in [-0.4, -0.2) is 52.3 Å². The van der Waals surface area contributed by atoms with E-state index in [1.54, 1.807) is 12.1 Å². The van der Waals surface area contributed by atoms with Crippen LogP contribution in [0.25, 0.3) is 0 Å². The maximum Gasteiger partial charge on any atom is 0.227 e. The molecular formula is C22H27FN4O2S. The largest absolute Gasteiger partial charge is 0.381 e. The Kier molecular flexibility index (Phi) is 5.69. The van der Waals surface area contributed by atoms with E-state index in [2.05, 4.69) is 10.2 Å². The predicted molar refractivity (Wildman–Crippen MR) is 115 cm³/mol. The molecule has 1 atom stereocenters. The van der Waals surface area contributed by atoms with E-state index in [-0.39, 0.29) is 17.8 Å². The highest BCUT2D eigenvalue weighted by atomic mass is 32.2. The third-order valence-corrected chi connectivity index (χ3v) is 7.82. The van der Waals surface area contributed by atoms with E-state index in [9.17, 15) is 8.60 Å². The van der Waals surface area contributed by atoms with E-state index in [0.717, 1.165) is 80.4 Å². The minimum atomic E-state index is -1.04. The van der Waals surface area contributed by atoms with Crippen LogP contribution in [0, 0.1) is 5.82 Å². The van der Waals surface area contributed by atoms with Crippen LogP contribution in [0.4, 0.5) is 16.2 Å². The van der Waals surface area contributed by atoms with Gasteiger partial charge >= 0.3 is 0 Å². The number of aromatic nitrogens is 2. The molecular weight excluding hydrogens is 403 g/mol. The lowest BCUT2D eigenvalue weighted by Crippen LogP contribution is -2.35. The second-order valence-electron chi connectivity index (χ2n) is 8.26. The average Bonchev–Trinajstić information content (AvgIpc) is 3.16. The Bertz CT molecular complexity index is 943. The molecule has 0 amide bonds. The van der Waals surface area contributed by atoms with Gasteiger partial charge in [-0.05, 0) is 43.2 Å². The molecule has 3 aliphatic rings. The van der Waals surface area contributed by atoms with Crippen LogP contribution >= 0.6 is 0 Å². The molecule has 1 unspecified atom stereocenters. The number of hydrogen-bond donors (Lipinski definition) is 1. The van der Waals surface area contributed by atoms with Gasteiger partial charge in [-0.2, -0.15) is 4.98 Å². The van der Waals surface area contributed by atoms with Gasteiger partial charge in [0.1, 0.15) is 16.5 Å². The number of ether oxygens (including phenoxy) is 1. The second-order valence-corrected chi connectivity index (χ2v) is 9.77. The zero-order chi connectivity index (χ0) is 20.5. The number of rotatable bonds is 4. The first-order chi connectivity index (χ1) is 14.7. The molecule has 30 heavy (non-hydrogen) atoms. The first-order valence-electron chi connectivity index (χ1n) is 10.8. The Balaban J connectivity index is 1.35. The Hall–Kier alpha value is -2.06. The topological polar surface area (TPSA) is 67.4 Å². The zero-order valence-corrected chi connectivity index (χ0v) is 17.8. The molecule has 0 spiro atoms.